The van der Waals surface area contributed by atoms with E-state index in [-0.39, 0.29) is 12.2 Å². The van der Waals surface area contributed by atoms with E-state index in [1.165, 1.54) is 0 Å². The fraction of sp³-hybridized carbons (Fsp3) is 0.647. The third-order valence-electron chi connectivity index (χ3n) is 3.53. The maximum atomic E-state index is 9.53. The summed E-state index contributed by atoms with van der Waals surface area (Å²) >= 11 is 0. The summed E-state index contributed by atoms with van der Waals surface area (Å²) in [6.45, 7) is 8.90. The third-order valence-corrected chi connectivity index (χ3v) is 3.53. The van der Waals surface area contributed by atoms with Crippen molar-refractivity contribution in [1.29, 1.82) is 0 Å². The van der Waals surface area contributed by atoms with Gasteiger partial charge in [-0.05, 0) is 42.9 Å². The third kappa shape index (κ3) is 5.51. The van der Waals surface area contributed by atoms with Crippen molar-refractivity contribution in [3.8, 4) is 5.75 Å². The van der Waals surface area contributed by atoms with Crippen molar-refractivity contribution >= 4 is 0 Å². The normalized spacial score (nSPS) is 15.9. The summed E-state index contributed by atoms with van der Waals surface area (Å²) in [5.41, 5.74) is 1.14. The Morgan fingerprint density at radius 1 is 1.05 bits per heavy atom. The van der Waals surface area contributed by atoms with E-state index in [0.717, 1.165) is 17.7 Å². The highest BCUT2D eigenvalue weighted by atomic mass is 16.5. The Hall–Kier alpha value is -1.06. The van der Waals surface area contributed by atoms with Gasteiger partial charge in [-0.1, -0.05) is 32.9 Å². The molecule has 3 nitrogen and oxygen atoms in total. The van der Waals surface area contributed by atoms with Crippen LogP contribution in [-0.2, 0) is 11.3 Å². The second-order valence-corrected chi connectivity index (χ2v) is 5.93. The molecule has 0 saturated heterocycles. The number of aliphatic hydroxyl groups is 1. The number of methoxy groups -OCH3 is 1. The van der Waals surface area contributed by atoms with Gasteiger partial charge in [-0.2, -0.15) is 0 Å². The monoisotopic (exact) mass is 280 g/mol. The number of rotatable bonds is 8. The van der Waals surface area contributed by atoms with Crippen LogP contribution in [0.25, 0.3) is 0 Å². The largest absolute Gasteiger partial charge is 0.497 e. The first-order valence-electron chi connectivity index (χ1n) is 7.36. The van der Waals surface area contributed by atoms with Gasteiger partial charge in [0, 0.05) is 0 Å². The molecule has 1 N–H and O–H groups in total. The minimum Gasteiger partial charge on any atom is -0.497 e. The smallest absolute Gasteiger partial charge is 0.118 e. The molecule has 0 aliphatic heterocycles. The molecule has 1 rings (SSSR count). The van der Waals surface area contributed by atoms with Gasteiger partial charge >= 0.3 is 0 Å². The van der Waals surface area contributed by atoms with E-state index in [2.05, 4.69) is 20.8 Å². The molecule has 0 saturated carbocycles. The van der Waals surface area contributed by atoms with Crippen LogP contribution >= 0.6 is 0 Å². The van der Waals surface area contributed by atoms with Crippen molar-refractivity contribution in [2.45, 2.75) is 52.9 Å². The van der Waals surface area contributed by atoms with E-state index in [0.29, 0.717) is 18.4 Å². The maximum absolute atomic E-state index is 9.53. The minimum absolute atomic E-state index is 0.159. The lowest BCUT2D eigenvalue weighted by Gasteiger charge is -2.28. The first-order valence-corrected chi connectivity index (χ1v) is 7.36. The summed E-state index contributed by atoms with van der Waals surface area (Å²) in [5.74, 6) is 1.63. The summed E-state index contributed by atoms with van der Waals surface area (Å²) < 4.78 is 11.2. The quantitative estimate of drug-likeness (QED) is 0.790. The Labute approximate surface area is 122 Å². The fourth-order valence-corrected chi connectivity index (χ4v) is 2.60. The van der Waals surface area contributed by atoms with Gasteiger partial charge in [0.05, 0.1) is 25.9 Å². The Morgan fingerprint density at radius 2 is 1.65 bits per heavy atom. The molecule has 0 fully saturated rings. The SMILES string of the molecule is COc1ccc(CO[C@@H](C(C)C)[C@@H](C)CC(C)O)cc1. The summed E-state index contributed by atoms with van der Waals surface area (Å²) in [6.07, 6.45) is 0.647. The van der Waals surface area contributed by atoms with Crippen molar-refractivity contribution < 1.29 is 14.6 Å². The van der Waals surface area contributed by atoms with Gasteiger partial charge in [0.2, 0.25) is 0 Å². The Morgan fingerprint density at radius 3 is 2.10 bits per heavy atom. The van der Waals surface area contributed by atoms with Crippen LogP contribution in [0.5, 0.6) is 5.75 Å². The molecule has 0 aliphatic rings. The van der Waals surface area contributed by atoms with Crippen LogP contribution in [0.15, 0.2) is 24.3 Å². The predicted octanol–water partition coefficient (Wildman–Crippen LogP) is 3.64. The molecular formula is C17H28O3. The molecule has 0 aromatic heterocycles. The van der Waals surface area contributed by atoms with Crippen molar-refractivity contribution in [2.24, 2.45) is 11.8 Å². The van der Waals surface area contributed by atoms with Crippen molar-refractivity contribution in [3.05, 3.63) is 29.8 Å². The lowest BCUT2D eigenvalue weighted by molar-refractivity contribution is -0.0345. The standard InChI is InChI=1S/C17H28O3/c1-12(2)17(13(3)10-14(4)18)20-11-15-6-8-16(19-5)9-7-15/h6-9,12-14,17-18H,10-11H2,1-5H3/t13-,14?,17-/m0/s1. The zero-order valence-electron chi connectivity index (χ0n) is 13.3. The molecule has 0 radical (unpaired) electrons. The molecule has 20 heavy (non-hydrogen) atoms. The van der Waals surface area contributed by atoms with E-state index in [1.54, 1.807) is 7.11 Å². The van der Waals surface area contributed by atoms with E-state index in [1.807, 2.05) is 31.2 Å². The number of benzene rings is 1. The number of hydrogen-bond donors (Lipinski definition) is 1. The van der Waals surface area contributed by atoms with E-state index < -0.39 is 0 Å². The molecule has 114 valence electrons. The molecule has 3 atom stereocenters. The summed E-state index contributed by atoms with van der Waals surface area (Å²) in [4.78, 5) is 0. The number of ether oxygens (including phenoxy) is 2. The minimum atomic E-state index is -0.282. The highest BCUT2D eigenvalue weighted by Crippen LogP contribution is 2.23. The molecular weight excluding hydrogens is 252 g/mol. The van der Waals surface area contributed by atoms with Crippen molar-refractivity contribution in [3.63, 3.8) is 0 Å². The molecule has 1 unspecified atom stereocenters. The zero-order valence-corrected chi connectivity index (χ0v) is 13.3. The van der Waals surface area contributed by atoms with Crippen LogP contribution in [0, 0.1) is 11.8 Å². The second kappa shape index (κ2) is 8.28. The second-order valence-electron chi connectivity index (χ2n) is 5.93. The van der Waals surface area contributed by atoms with Gasteiger partial charge in [0.25, 0.3) is 0 Å². The summed E-state index contributed by atoms with van der Waals surface area (Å²) in [5, 5.41) is 9.53. The van der Waals surface area contributed by atoms with Gasteiger partial charge in [-0.25, -0.2) is 0 Å². The molecule has 0 aliphatic carbocycles. The lowest BCUT2D eigenvalue weighted by Crippen LogP contribution is -2.29. The van der Waals surface area contributed by atoms with Crippen LogP contribution in [-0.4, -0.2) is 24.4 Å². The van der Waals surface area contributed by atoms with Crippen LogP contribution in [0.2, 0.25) is 0 Å². The Bertz CT molecular complexity index is 370. The van der Waals surface area contributed by atoms with Gasteiger partial charge in [0.15, 0.2) is 0 Å². The Balaban J connectivity index is 2.57. The van der Waals surface area contributed by atoms with E-state index in [9.17, 15) is 5.11 Å². The van der Waals surface area contributed by atoms with E-state index >= 15 is 0 Å². The summed E-state index contributed by atoms with van der Waals surface area (Å²) in [6, 6.07) is 7.94. The first-order chi connectivity index (χ1) is 9.43. The summed E-state index contributed by atoms with van der Waals surface area (Å²) in [7, 11) is 1.66. The molecule has 1 aromatic rings. The number of aliphatic hydroxyl groups excluding tert-OH is 1. The maximum Gasteiger partial charge on any atom is 0.118 e. The van der Waals surface area contributed by atoms with Crippen LogP contribution < -0.4 is 4.74 Å². The average Bonchev–Trinajstić information content (AvgIpc) is 2.38. The molecule has 0 bridgehead atoms. The molecule has 3 heteroatoms. The van der Waals surface area contributed by atoms with Gasteiger partial charge < -0.3 is 14.6 Å². The van der Waals surface area contributed by atoms with Crippen LogP contribution in [0.1, 0.15) is 39.7 Å². The molecule has 0 heterocycles. The molecule has 0 spiro atoms. The topological polar surface area (TPSA) is 38.7 Å². The van der Waals surface area contributed by atoms with Crippen LogP contribution in [0.3, 0.4) is 0 Å². The van der Waals surface area contributed by atoms with Crippen LogP contribution in [0.4, 0.5) is 0 Å². The highest BCUT2D eigenvalue weighted by Gasteiger charge is 2.22. The highest BCUT2D eigenvalue weighted by molar-refractivity contribution is 5.26. The van der Waals surface area contributed by atoms with Crippen molar-refractivity contribution in [2.75, 3.05) is 7.11 Å². The van der Waals surface area contributed by atoms with Gasteiger partial charge in [0.1, 0.15) is 5.75 Å². The average molecular weight is 280 g/mol. The zero-order chi connectivity index (χ0) is 15.1. The lowest BCUT2D eigenvalue weighted by atomic mass is 9.90. The predicted molar refractivity (Wildman–Crippen MR) is 81.9 cm³/mol. The molecule has 1 aromatic carbocycles. The van der Waals surface area contributed by atoms with Gasteiger partial charge in [-0.3, -0.25) is 0 Å². The molecule has 0 amide bonds. The van der Waals surface area contributed by atoms with Gasteiger partial charge in [-0.15, -0.1) is 0 Å². The Kier molecular flexibility index (Phi) is 7.03. The fourth-order valence-electron chi connectivity index (χ4n) is 2.60. The van der Waals surface area contributed by atoms with Crippen molar-refractivity contribution in [1.82, 2.24) is 0 Å². The first kappa shape index (κ1) is 17.0. The van der Waals surface area contributed by atoms with E-state index in [4.69, 9.17) is 9.47 Å². The number of hydrogen-bond acceptors (Lipinski definition) is 3.